The van der Waals surface area contributed by atoms with Crippen LogP contribution in [0.15, 0.2) is 48.5 Å². The van der Waals surface area contributed by atoms with Crippen LogP contribution >= 0.6 is 24.0 Å². The predicted octanol–water partition coefficient (Wildman–Crippen LogP) is 4.08. The average Bonchev–Trinajstić information content (AvgIpc) is 2.68. The normalized spacial score (nSPS) is 14.5. The third-order valence-electron chi connectivity index (χ3n) is 4.91. The second-order valence-electron chi connectivity index (χ2n) is 6.76. The zero-order valence-electron chi connectivity index (χ0n) is 15.3. The molecule has 1 heterocycles. The van der Waals surface area contributed by atoms with Gasteiger partial charge in [-0.2, -0.15) is 0 Å². The van der Waals surface area contributed by atoms with Gasteiger partial charge in [-0.25, -0.2) is 0 Å². The van der Waals surface area contributed by atoms with Crippen LogP contribution < -0.4 is 10.5 Å². The summed E-state index contributed by atoms with van der Waals surface area (Å²) in [5.74, 6) is 1.47. The van der Waals surface area contributed by atoms with E-state index < -0.39 is 0 Å². The minimum absolute atomic E-state index is 0. The molecule has 1 amide bonds. The highest BCUT2D eigenvalue weighted by Crippen LogP contribution is 2.21. The van der Waals surface area contributed by atoms with E-state index in [1.807, 2.05) is 53.4 Å². The molecule has 1 saturated heterocycles. The standard InChI is InChI=1S/C21H25ClN2O2.ClH/c22-20-7-2-1-5-18(20)15-26-19-6-3-4-17(12-19)13-21(25)24-10-8-16(14-23)9-11-24;/h1-7,12,16H,8-11,13-15,23H2;1H. The summed E-state index contributed by atoms with van der Waals surface area (Å²) in [6, 6.07) is 15.3. The van der Waals surface area contributed by atoms with Gasteiger partial charge in [0.15, 0.2) is 0 Å². The van der Waals surface area contributed by atoms with E-state index >= 15 is 0 Å². The zero-order chi connectivity index (χ0) is 18.4. The van der Waals surface area contributed by atoms with Crippen LogP contribution in [0, 0.1) is 5.92 Å². The fraction of sp³-hybridized carbons (Fsp3) is 0.381. The molecule has 0 bridgehead atoms. The lowest BCUT2D eigenvalue weighted by Crippen LogP contribution is -2.40. The Morgan fingerprint density at radius 1 is 1.15 bits per heavy atom. The Morgan fingerprint density at radius 3 is 2.59 bits per heavy atom. The number of piperidine rings is 1. The van der Waals surface area contributed by atoms with Crippen LogP contribution in [-0.2, 0) is 17.8 Å². The summed E-state index contributed by atoms with van der Waals surface area (Å²) in [4.78, 5) is 14.5. The lowest BCUT2D eigenvalue weighted by Gasteiger charge is -2.31. The summed E-state index contributed by atoms with van der Waals surface area (Å²) in [5.41, 5.74) is 7.63. The van der Waals surface area contributed by atoms with Gasteiger partial charge in [-0.15, -0.1) is 12.4 Å². The summed E-state index contributed by atoms with van der Waals surface area (Å²) in [7, 11) is 0. The summed E-state index contributed by atoms with van der Waals surface area (Å²) in [6.07, 6.45) is 2.41. The lowest BCUT2D eigenvalue weighted by atomic mass is 9.96. The average molecular weight is 409 g/mol. The van der Waals surface area contributed by atoms with E-state index in [2.05, 4.69) is 0 Å². The fourth-order valence-corrected chi connectivity index (χ4v) is 3.42. The number of hydrogen-bond donors (Lipinski definition) is 1. The number of nitrogens with zero attached hydrogens (tertiary/aromatic N) is 1. The van der Waals surface area contributed by atoms with Gasteiger partial charge in [-0.05, 0) is 49.1 Å². The van der Waals surface area contributed by atoms with Crippen molar-refractivity contribution < 1.29 is 9.53 Å². The van der Waals surface area contributed by atoms with Crippen LogP contribution in [-0.4, -0.2) is 30.4 Å². The van der Waals surface area contributed by atoms with Crippen molar-refractivity contribution in [2.45, 2.75) is 25.9 Å². The van der Waals surface area contributed by atoms with Gasteiger partial charge in [-0.1, -0.05) is 41.9 Å². The van der Waals surface area contributed by atoms with Gasteiger partial charge in [0.05, 0.1) is 6.42 Å². The first kappa shape index (κ1) is 21.5. The molecule has 6 heteroatoms. The third kappa shape index (κ3) is 6.13. The Hall–Kier alpha value is -1.75. The molecule has 0 saturated carbocycles. The Kier molecular flexibility index (Phi) is 8.42. The van der Waals surface area contributed by atoms with Gasteiger partial charge in [0.1, 0.15) is 12.4 Å². The van der Waals surface area contributed by atoms with Gasteiger partial charge in [-0.3, -0.25) is 4.79 Å². The van der Waals surface area contributed by atoms with Crippen molar-refractivity contribution in [2.24, 2.45) is 11.7 Å². The maximum atomic E-state index is 12.5. The minimum Gasteiger partial charge on any atom is -0.489 e. The maximum Gasteiger partial charge on any atom is 0.226 e. The van der Waals surface area contributed by atoms with E-state index in [0.717, 1.165) is 42.8 Å². The first-order valence-electron chi connectivity index (χ1n) is 9.08. The zero-order valence-corrected chi connectivity index (χ0v) is 16.8. The number of ether oxygens (including phenoxy) is 1. The highest BCUT2D eigenvalue weighted by atomic mass is 35.5. The SMILES string of the molecule is Cl.NCC1CCN(C(=O)Cc2cccc(OCc3ccccc3Cl)c2)CC1. The molecule has 0 aliphatic carbocycles. The van der Waals surface area contributed by atoms with Gasteiger partial charge < -0.3 is 15.4 Å². The molecule has 2 aromatic rings. The largest absolute Gasteiger partial charge is 0.489 e. The minimum atomic E-state index is 0. The number of halogens is 2. The van der Waals surface area contributed by atoms with Crippen molar-refractivity contribution in [3.63, 3.8) is 0 Å². The molecule has 146 valence electrons. The molecule has 2 N–H and O–H groups in total. The summed E-state index contributed by atoms with van der Waals surface area (Å²) in [6.45, 7) is 2.74. The van der Waals surface area contributed by atoms with E-state index in [0.29, 0.717) is 30.5 Å². The van der Waals surface area contributed by atoms with Crippen LogP contribution in [0.1, 0.15) is 24.0 Å². The topological polar surface area (TPSA) is 55.6 Å². The van der Waals surface area contributed by atoms with E-state index in [-0.39, 0.29) is 18.3 Å². The number of nitrogens with two attached hydrogens (primary N) is 1. The van der Waals surface area contributed by atoms with Gasteiger partial charge in [0.2, 0.25) is 5.91 Å². The van der Waals surface area contributed by atoms with Crippen molar-refractivity contribution in [3.8, 4) is 5.75 Å². The molecule has 3 rings (SSSR count). The molecular weight excluding hydrogens is 383 g/mol. The lowest BCUT2D eigenvalue weighted by molar-refractivity contribution is -0.131. The van der Waals surface area contributed by atoms with Crippen molar-refractivity contribution >= 4 is 29.9 Å². The van der Waals surface area contributed by atoms with Crippen LogP contribution in [0.25, 0.3) is 0 Å². The van der Waals surface area contributed by atoms with Crippen molar-refractivity contribution in [3.05, 3.63) is 64.7 Å². The second-order valence-corrected chi connectivity index (χ2v) is 7.17. The maximum absolute atomic E-state index is 12.5. The Morgan fingerprint density at radius 2 is 1.89 bits per heavy atom. The van der Waals surface area contributed by atoms with E-state index in [9.17, 15) is 4.79 Å². The highest BCUT2D eigenvalue weighted by Gasteiger charge is 2.21. The Balaban J connectivity index is 0.00000261. The van der Waals surface area contributed by atoms with E-state index in [1.165, 1.54) is 0 Å². The Bertz CT molecular complexity index is 746. The summed E-state index contributed by atoms with van der Waals surface area (Å²) >= 11 is 6.16. The number of rotatable bonds is 6. The predicted molar refractivity (Wildman–Crippen MR) is 112 cm³/mol. The van der Waals surface area contributed by atoms with Gasteiger partial charge in [0.25, 0.3) is 0 Å². The van der Waals surface area contributed by atoms with Crippen molar-refractivity contribution in [2.75, 3.05) is 19.6 Å². The van der Waals surface area contributed by atoms with Crippen LogP contribution in [0.5, 0.6) is 5.75 Å². The van der Waals surface area contributed by atoms with Crippen molar-refractivity contribution in [1.29, 1.82) is 0 Å². The second kappa shape index (κ2) is 10.5. The number of likely N-dealkylation sites (tertiary alicyclic amines) is 1. The summed E-state index contributed by atoms with van der Waals surface area (Å²) < 4.78 is 5.85. The third-order valence-corrected chi connectivity index (χ3v) is 5.28. The molecule has 2 aromatic carbocycles. The van der Waals surface area contributed by atoms with Gasteiger partial charge >= 0.3 is 0 Å². The molecule has 0 aromatic heterocycles. The Labute approximate surface area is 172 Å². The van der Waals surface area contributed by atoms with Crippen molar-refractivity contribution in [1.82, 2.24) is 4.90 Å². The first-order chi connectivity index (χ1) is 12.7. The summed E-state index contributed by atoms with van der Waals surface area (Å²) in [5, 5.41) is 0.694. The van der Waals surface area contributed by atoms with Crippen LogP contribution in [0.3, 0.4) is 0 Å². The molecule has 0 radical (unpaired) electrons. The molecular formula is C21H26Cl2N2O2. The monoisotopic (exact) mass is 408 g/mol. The fourth-order valence-electron chi connectivity index (χ4n) is 3.23. The molecule has 1 fully saturated rings. The van der Waals surface area contributed by atoms with Gasteiger partial charge in [0, 0.05) is 23.7 Å². The number of benzene rings is 2. The molecule has 0 spiro atoms. The molecule has 0 atom stereocenters. The number of carbonyl (C=O) groups is 1. The van der Waals surface area contributed by atoms with Crippen LogP contribution in [0.4, 0.5) is 0 Å². The van der Waals surface area contributed by atoms with E-state index in [1.54, 1.807) is 0 Å². The molecule has 27 heavy (non-hydrogen) atoms. The van der Waals surface area contributed by atoms with E-state index in [4.69, 9.17) is 22.1 Å². The number of carbonyl (C=O) groups excluding carboxylic acids is 1. The number of hydrogen-bond acceptors (Lipinski definition) is 3. The van der Waals surface area contributed by atoms with Crippen LogP contribution in [0.2, 0.25) is 5.02 Å². The number of amides is 1. The smallest absolute Gasteiger partial charge is 0.226 e. The highest BCUT2D eigenvalue weighted by molar-refractivity contribution is 6.31. The molecule has 1 aliphatic rings. The molecule has 0 unspecified atom stereocenters. The molecule has 1 aliphatic heterocycles. The first-order valence-corrected chi connectivity index (χ1v) is 9.46. The quantitative estimate of drug-likeness (QED) is 0.782. The molecule has 4 nitrogen and oxygen atoms in total.